The van der Waals surface area contributed by atoms with E-state index in [0.29, 0.717) is 29.5 Å². The van der Waals surface area contributed by atoms with E-state index in [1.165, 1.54) is 24.2 Å². The minimum absolute atomic E-state index is 0.309. The lowest BCUT2D eigenvalue weighted by atomic mass is 10.1. The van der Waals surface area contributed by atoms with Gasteiger partial charge in [-0.3, -0.25) is 4.98 Å². The molecule has 0 aliphatic carbocycles. The normalized spacial score (nSPS) is 17.9. The smallest absolute Gasteiger partial charge is 0.252 e. The SMILES string of the molecule is O=S(=O)(c1cccs1)N1CCc2nc(-c3ccccn3)nc(N3CCCCCC3)c2C1. The lowest BCUT2D eigenvalue weighted by Gasteiger charge is -2.32. The predicted molar refractivity (Wildman–Crippen MR) is 122 cm³/mol. The number of pyridine rings is 1. The summed E-state index contributed by atoms with van der Waals surface area (Å²) in [5.74, 6) is 1.49. The van der Waals surface area contributed by atoms with Crippen molar-refractivity contribution in [1.29, 1.82) is 0 Å². The molecule has 2 aliphatic heterocycles. The van der Waals surface area contributed by atoms with Crippen LogP contribution in [-0.2, 0) is 23.0 Å². The van der Waals surface area contributed by atoms with Crippen LogP contribution >= 0.6 is 11.3 Å². The van der Waals surface area contributed by atoms with Crippen LogP contribution in [0.5, 0.6) is 0 Å². The number of anilines is 1. The van der Waals surface area contributed by atoms with Crippen LogP contribution in [0.25, 0.3) is 11.5 Å². The van der Waals surface area contributed by atoms with Gasteiger partial charge in [-0.05, 0) is 36.4 Å². The topological polar surface area (TPSA) is 79.3 Å². The van der Waals surface area contributed by atoms with E-state index in [0.717, 1.165) is 48.7 Å². The van der Waals surface area contributed by atoms with E-state index in [4.69, 9.17) is 9.97 Å². The summed E-state index contributed by atoms with van der Waals surface area (Å²) in [6.07, 6.45) is 7.00. The standard InChI is InChI=1S/C22H25N5O2S2/c28-31(29,20-9-7-15-30-20)27-14-10-18-17(16-27)22(26-12-5-1-2-6-13-26)25-21(24-18)19-8-3-4-11-23-19/h3-4,7-9,11,15H,1-2,5-6,10,12-14,16H2. The summed E-state index contributed by atoms with van der Waals surface area (Å²) in [6, 6.07) is 9.19. The molecule has 31 heavy (non-hydrogen) atoms. The molecule has 1 saturated heterocycles. The van der Waals surface area contributed by atoms with Crippen LogP contribution in [0.2, 0.25) is 0 Å². The molecule has 3 aromatic heterocycles. The van der Waals surface area contributed by atoms with Crippen LogP contribution in [0.15, 0.2) is 46.1 Å². The molecule has 3 aromatic rings. The van der Waals surface area contributed by atoms with E-state index in [-0.39, 0.29) is 0 Å². The molecule has 2 aliphatic rings. The van der Waals surface area contributed by atoms with Crippen molar-refractivity contribution in [2.45, 2.75) is 42.9 Å². The molecule has 0 aromatic carbocycles. The third-order valence-electron chi connectivity index (χ3n) is 5.89. The van der Waals surface area contributed by atoms with Gasteiger partial charge >= 0.3 is 0 Å². The van der Waals surface area contributed by atoms with Gasteiger partial charge in [0.1, 0.15) is 15.7 Å². The van der Waals surface area contributed by atoms with E-state index in [1.54, 1.807) is 28.0 Å². The van der Waals surface area contributed by atoms with Gasteiger partial charge in [-0.15, -0.1) is 11.3 Å². The molecular weight excluding hydrogens is 430 g/mol. The van der Waals surface area contributed by atoms with Crippen molar-refractivity contribution in [1.82, 2.24) is 19.3 Å². The van der Waals surface area contributed by atoms with Gasteiger partial charge in [-0.1, -0.05) is 25.0 Å². The second-order valence-electron chi connectivity index (χ2n) is 7.93. The second kappa shape index (κ2) is 8.64. The van der Waals surface area contributed by atoms with Gasteiger partial charge in [0.05, 0.1) is 5.69 Å². The molecule has 0 amide bonds. The molecule has 0 saturated carbocycles. The average Bonchev–Trinajstić information content (AvgIpc) is 3.23. The Morgan fingerprint density at radius 2 is 1.77 bits per heavy atom. The molecule has 9 heteroatoms. The largest absolute Gasteiger partial charge is 0.356 e. The average molecular weight is 456 g/mol. The summed E-state index contributed by atoms with van der Waals surface area (Å²) in [5, 5.41) is 1.80. The maximum Gasteiger partial charge on any atom is 0.252 e. The zero-order valence-corrected chi connectivity index (χ0v) is 18.9. The van der Waals surface area contributed by atoms with Gasteiger partial charge in [0.15, 0.2) is 5.82 Å². The third-order valence-corrected chi connectivity index (χ3v) is 9.11. The predicted octanol–water partition coefficient (Wildman–Crippen LogP) is 3.73. The highest BCUT2D eigenvalue weighted by atomic mass is 32.2. The highest BCUT2D eigenvalue weighted by molar-refractivity contribution is 7.91. The fraction of sp³-hybridized carbons (Fsp3) is 0.409. The second-order valence-corrected chi connectivity index (χ2v) is 11.0. The van der Waals surface area contributed by atoms with Gasteiger partial charge in [-0.2, -0.15) is 4.31 Å². The van der Waals surface area contributed by atoms with Crippen molar-refractivity contribution in [3.8, 4) is 11.5 Å². The number of rotatable bonds is 4. The van der Waals surface area contributed by atoms with Crippen molar-refractivity contribution in [2.24, 2.45) is 0 Å². The Bertz CT molecular complexity index is 1140. The van der Waals surface area contributed by atoms with Gasteiger partial charge in [-0.25, -0.2) is 18.4 Å². The molecule has 0 radical (unpaired) electrons. The number of fused-ring (bicyclic) bond motifs is 1. The van der Waals surface area contributed by atoms with E-state index >= 15 is 0 Å². The summed E-state index contributed by atoms with van der Waals surface area (Å²) >= 11 is 1.26. The molecule has 5 rings (SSSR count). The minimum atomic E-state index is -3.51. The summed E-state index contributed by atoms with van der Waals surface area (Å²) < 4.78 is 28.3. The fourth-order valence-electron chi connectivity index (χ4n) is 4.27. The maximum absolute atomic E-state index is 13.2. The number of sulfonamides is 1. The van der Waals surface area contributed by atoms with Gasteiger partial charge in [0, 0.05) is 44.4 Å². The van der Waals surface area contributed by atoms with Crippen molar-refractivity contribution < 1.29 is 8.42 Å². The summed E-state index contributed by atoms with van der Waals surface area (Å²) in [6.45, 7) is 2.60. The van der Waals surface area contributed by atoms with Crippen LogP contribution in [0.4, 0.5) is 5.82 Å². The molecule has 0 unspecified atom stereocenters. The minimum Gasteiger partial charge on any atom is -0.356 e. The Labute approximate surface area is 186 Å². The Kier molecular flexibility index (Phi) is 5.73. The van der Waals surface area contributed by atoms with Crippen LogP contribution in [0.1, 0.15) is 36.9 Å². The Hall–Kier alpha value is -2.36. The Morgan fingerprint density at radius 1 is 0.935 bits per heavy atom. The molecule has 0 bridgehead atoms. The van der Waals surface area contributed by atoms with E-state index in [2.05, 4.69) is 9.88 Å². The van der Waals surface area contributed by atoms with E-state index in [9.17, 15) is 8.42 Å². The number of thiophene rings is 1. The van der Waals surface area contributed by atoms with Crippen LogP contribution < -0.4 is 4.90 Å². The molecule has 7 nitrogen and oxygen atoms in total. The van der Waals surface area contributed by atoms with E-state index in [1.807, 2.05) is 18.2 Å². The maximum atomic E-state index is 13.2. The molecule has 1 fully saturated rings. The van der Waals surface area contributed by atoms with Crippen LogP contribution in [0, 0.1) is 0 Å². The van der Waals surface area contributed by atoms with Crippen molar-refractivity contribution >= 4 is 27.2 Å². The molecule has 0 N–H and O–H groups in total. The Morgan fingerprint density at radius 3 is 2.48 bits per heavy atom. The number of hydrogen-bond donors (Lipinski definition) is 0. The van der Waals surface area contributed by atoms with Crippen molar-refractivity contribution in [3.63, 3.8) is 0 Å². The summed E-state index contributed by atoms with van der Waals surface area (Å²) in [4.78, 5) is 16.5. The number of nitrogens with zero attached hydrogens (tertiary/aromatic N) is 5. The molecule has 0 atom stereocenters. The first-order valence-electron chi connectivity index (χ1n) is 10.7. The van der Waals surface area contributed by atoms with Gasteiger partial charge in [0.2, 0.25) is 0 Å². The quantitative estimate of drug-likeness (QED) is 0.596. The first-order chi connectivity index (χ1) is 15.1. The number of hydrogen-bond acceptors (Lipinski definition) is 7. The molecule has 162 valence electrons. The molecule has 0 spiro atoms. The third kappa shape index (κ3) is 4.09. The van der Waals surface area contributed by atoms with Crippen LogP contribution in [-0.4, -0.2) is 47.3 Å². The van der Waals surface area contributed by atoms with E-state index < -0.39 is 10.0 Å². The zero-order valence-electron chi connectivity index (χ0n) is 17.3. The highest BCUT2D eigenvalue weighted by Crippen LogP contribution is 2.33. The van der Waals surface area contributed by atoms with Crippen molar-refractivity contribution in [2.75, 3.05) is 24.5 Å². The van der Waals surface area contributed by atoms with Gasteiger partial charge in [0.25, 0.3) is 10.0 Å². The molecular formula is C22H25N5O2S2. The van der Waals surface area contributed by atoms with Gasteiger partial charge < -0.3 is 4.90 Å². The Balaban J connectivity index is 1.57. The zero-order chi connectivity index (χ0) is 21.3. The lowest BCUT2D eigenvalue weighted by molar-refractivity contribution is 0.388. The monoisotopic (exact) mass is 455 g/mol. The first-order valence-corrected chi connectivity index (χ1v) is 13.0. The first kappa shape index (κ1) is 20.5. The van der Waals surface area contributed by atoms with Crippen LogP contribution in [0.3, 0.4) is 0 Å². The highest BCUT2D eigenvalue weighted by Gasteiger charge is 2.33. The summed E-state index contributed by atoms with van der Waals surface area (Å²) in [7, 11) is -3.51. The summed E-state index contributed by atoms with van der Waals surface area (Å²) in [5.41, 5.74) is 2.62. The number of aromatic nitrogens is 3. The van der Waals surface area contributed by atoms with Crippen molar-refractivity contribution in [3.05, 3.63) is 53.2 Å². The lowest BCUT2D eigenvalue weighted by Crippen LogP contribution is -2.38. The molecule has 5 heterocycles. The fourth-order valence-corrected chi connectivity index (χ4v) is 6.82.